The summed E-state index contributed by atoms with van der Waals surface area (Å²) in [6.45, 7) is 6.76. The van der Waals surface area contributed by atoms with Gasteiger partial charge in [0.1, 0.15) is 0 Å². The Bertz CT molecular complexity index is 1030. The number of carbonyl (C=O) groups excluding carboxylic acids is 1. The zero-order valence-corrected chi connectivity index (χ0v) is 18.2. The summed E-state index contributed by atoms with van der Waals surface area (Å²) in [5, 5.41) is 17.1. The second-order valence-electron chi connectivity index (χ2n) is 8.13. The smallest absolute Gasteiger partial charge is 0.319 e. The molecule has 0 fully saturated rings. The van der Waals surface area contributed by atoms with Crippen LogP contribution in [0.1, 0.15) is 35.9 Å². The van der Waals surface area contributed by atoms with Gasteiger partial charge in [-0.1, -0.05) is 38.1 Å². The van der Waals surface area contributed by atoms with Crippen molar-refractivity contribution in [3.05, 3.63) is 58.6 Å². The van der Waals surface area contributed by atoms with Gasteiger partial charge in [-0.15, -0.1) is 11.3 Å². The molecule has 2 amide bonds. The molecule has 0 saturated carbocycles. The Labute approximate surface area is 180 Å². The summed E-state index contributed by atoms with van der Waals surface area (Å²) in [7, 11) is 0. The van der Waals surface area contributed by atoms with Crippen LogP contribution in [0.4, 0.5) is 10.5 Å². The van der Waals surface area contributed by atoms with Crippen molar-refractivity contribution in [1.82, 2.24) is 15.2 Å². The molecule has 2 heterocycles. The standard InChI is InChI=1S/C23H28N4O2S/c1-15(2)22-26-20-8-7-18(11-21(20)30-22)25-23(29)24-12-19(28)14-27-10-9-16-5-3-4-6-17(16)13-27/h3-8,11,15,19,28H,9-10,12-14H2,1-2H3,(H2,24,25,29). The third-order valence-electron chi connectivity index (χ3n) is 5.33. The van der Waals surface area contributed by atoms with Gasteiger partial charge >= 0.3 is 6.03 Å². The topological polar surface area (TPSA) is 77.5 Å². The first-order valence-corrected chi connectivity index (χ1v) is 11.2. The molecule has 7 heteroatoms. The van der Waals surface area contributed by atoms with E-state index in [-0.39, 0.29) is 12.6 Å². The number of aliphatic hydroxyl groups excluding tert-OH is 1. The number of carbonyl (C=O) groups is 1. The summed E-state index contributed by atoms with van der Waals surface area (Å²) in [6, 6.07) is 13.8. The molecule has 0 spiro atoms. The van der Waals surface area contributed by atoms with Crippen LogP contribution in [0.3, 0.4) is 0 Å². The molecule has 1 aliphatic rings. The fraction of sp³-hybridized carbons (Fsp3) is 0.391. The second kappa shape index (κ2) is 9.12. The Morgan fingerprint density at radius 2 is 2.03 bits per heavy atom. The third-order valence-corrected chi connectivity index (χ3v) is 6.65. The van der Waals surface area contributed by atoms with E-state index in [0.29, 0.717) is 12.5 Å². The highest BCUT2D eigenvalue weighted by Crippen LogP contribution is 2.29. The number of anilines is 1. The summed E-state index contributed by atoms with van der Waals surface area (Å²) in [5.74, 6) is 0.386. The Morgan fingerprint density at radius 1 is 1.23 bits per heavy atom. The molecular formula is C23H28N4O2S. The molecule has 4 rings (SSSR count). The van der Waals surface area contributed by atoms with Gasteiger partial charge < -0.3 is 15.7 Å². The highest BCUT2D eigenvalue weighted by atomic mass is 32.1. The van der Waals surface area contributed by atoms with E-state index in [2.05, 4.69) is 58.6 Å². The third kappa shape index (κ3) is 4.98. The molecular weight excluding hydrogens is 396 g/mol. The molecule has 6 nitrogen and oxygen atoms in total. The van der Waals surface area contributed by atoms with Gasteiger partial charge in [-0.05, 0) is 35.7 Å². The van der Waals surface area contributed by atoms with E-state index in [1.54, 1.807) is 11.3 Å². The minimum absolute atomic E-state index is 0.213. The summed E-state index contributed by atoms with van der Waals surface area (Å²) >= 11 is 1.65. The maximum atomic E-state index is 12.3. The molecule has 3 aromatic rings. The van der Waals surface area contributed by atoms with Gasteiger partial charge in [0.2, 0.25) is 0 Å². The van der Waals surface area contributed by atoms with Crippen LogP contribution in [0.2, 0.25) is 0 Å². The number of hydrogen-bond acceptors (Lipinski definition) is 5. The van der Waals surface area contributed by atoms with E-state index in [9.17, 15) is 9.90 Å². The number of urea groups is 1. The average molecular weight is 425 g/mol. The molecule has 0 radical (unpaired) electrons. The minimum Gasteiger partial charge on any atom is -0.390 e. The SMILES string of the molecule is CC(C)c1nc2ccc(NC(=O)NCC(O)CN3CCc4ccccc4C3)cc2s1. The largest absolute Gasteiger partial charge is 0.390 e. The van der Waals surface area contributed by atoms with Crippen molar-refractivity contribution in [3.8, 4) is 0 Å². The van der Waals surface area contributed by atoms with E-state index in [0.717, 1.165) is 40.4 Å². The van der Waals surface area contributed by atoms with Crippen LogP contribution in [0.25, 0.3) is 10.2 Å². The molecule has 1 aromatic heterocycles. The maximum Gasteiger partial charge on any atom is 0.319 e. The molecule has 30 heavy (non-hydrogen) atoms. The van der Waals surface area contributed by atoms with E-state index in [4.69, 9.17) is 0 Å². The monoisotopic (exact) mass is 424 g/mol. The van der Waals surface area contributed by atoms with Crippen LogP contribution in [-0.4, -0.2) is 46.8 Å². The number of nitrogens with zero attached hydrogens (tertiary/aromatic N) is 2. The number of hydrogen-bond donors (Lipinski definition) is 3. The predicted molar refractivity (Wildman–Crippen MR) is 122 cm³/mol. The Kier molecular flexibility index (Phi) is 6.32. The molecule has 1 aliphatic heterocycles. The lowest BCUT2D eigenvalue weighted by molar-refractivity contribution is 0.106. The lowest BCUT2D eigenvalue weighted by Gasteiger charge is -2.30. The Hall–Kier alpha value is -2.48. The van der Waals surface area contributed by atoms with Crippen molar-refractivity contribution in [3.63, 3.8) is 0 Å². The molecule has 0 aliphatic carbocycles. The fourth-order valence-electron chi connectivity index (χ4n) is 3.73. The lowest BCUT2D eigenvalue weighted by atomic mass is 10.00. The zero-order chi connectivity index (χ0) is 21.1. The maximum absolute atomic E-state index is 12.3. The van der Waals surface area contributed by atoms with Crippen LogP contribution in [0.15, 0.2) is 42.5 Å². The molecule has 0 saturated heterocycles. The number of benzene rings is 2. The van der Waals surface area contributed by atoms with Crippen molar-refractivity contribution < 1.29 is 9.90 Å². The van der Waals surface area contributed by atoms with Crippen molar-refractivity contribution >= 4 is 33.3 Å². The first kappa shape index (κ1) is 20.8. The Balaban J connectivity index is 1.26. The summed E-state index contributed by atoms with van der Waals surface area (Å²) < 4.78 is 1.06. The molecule has 158 valence electrons. The quantitative estimate of drug-likeness (QED) is 0.560. The number of thiazole rings is 1. The average Bonchev–Trinajstić information content (AvgIpc) is 3.16. The molecule has 0 bridgehead atoms. The molecule has 1 unspecified atom stereocenters. The second-order valence-corrected chi connectivity index (χ2v) is 9.19. The zero-order valence-electron chi connectivity index (χ0n) is 17.4. The first-order chi connectivity index (χ1) is 14.5. The van der Waals surface area contributed by atoms with Gasteiger partial charge in [0.15, 0.2) is 0 Å². The Morgan fingerprint density at radius 3 is 2.83 bits per heavy atom. The number of nitrogens with one attached hydrogen (secondary N) is 2. The number of amides is 2. The van der Waals surface area contributed by atoms with Crippen LogP contribution in [0, 0.1) is 0 Å². The highest BCUT2D eigenvalue weighted by molar-refractivity contribution is 7.18. The van der Waals surface area contributed by atoms with E-state index < -0.39 is 6.10 Å². The number of fused-ring (bicyclic) bond motifs is 2. The molecule has 3 N–H and O–H groups in total. The van der Waals surface area contributed by atoms with Crippen molar-refractivity contribution in [1.29, 1.82) is 0 Å². The normalized spacial score (nSPS) is 15.2. The van der Waals surface area contributed by atoms with E-state index >= 15 is 0 Å². The van der Waals surface area contributed by atoms with Gasteiger partial charge in [-0.25, -0.2) is 9.78 Å². The summed E-state index contributed by atoms with van der Waals surface area (Å²) in [6.07, 6.45) is 0.383. The van der Waals surface area contributed by atoms with Crippen molar-refractivity contribution in [2.75, 3.05) is 25.0 Å². The fourth-order valence-corrected chi connectivity index (χ4v) is 4.73. The number of aromatic nitrogens is 1. The minimum atomic E-state index is -0.612. The van der Waals surface area contributed by atoms with Crippen LogP contribution < -0.4 is 10.6 Å². The predicted octanol–water partition coefficient (Wildman–Crippen LogP) is 3.96. The van der Waals surface area contributed by atoms with Crippen LogP contribution in [-0.2, 0) is 13.0 Å². The van der Waals surface area contributed by atoms with Gasteiger partial charge in [-0.3, -0.25) is 4.90 Å². The number of rotatable bonds is 6. The van der Waals surface area contributed by atoms with E-state index in [1.807, 2.05) is 18.2 Å². The van der Waals surface area contributed by atoms with E-state index in [1.165, 1.54) is 11.1 Å². The van der Waals surface area contributed by atoms with Crippen LogP contribution in [0.5, 0.6) is 0 Å². The van der Waals surface area contributed by atoms with Gasteiger partial charge in [0.25, 0.3) is 0 Å². The van der Waals surface area contributed by atoms with Gasteiger partial charge in [0, 0.05) is 37.8 Å². The number of β-amino-alcohol motifs (C(OH)–C–C–N with tert-alkyl or cyclic N) is 1. The van der Waals surface area contributed by atoms with Gasteiger partial charge in [-0.2, -0.15) is 0 Å². The first-order valence-electron chi connectivity index (χ1n) is 10.4. The molecule has 2 aromatic carbocycles. The molecule has 1 atom stereocenters. The van der Waals surface area contributed by atoms with Gasteiger partial charge in [0.05, 0.1) is 21.3 Å². The highest BCUT2D eigenvalue weighted by Gasteiger charge is 2.18. The number of aliphatic hydroxyl groups is 1. The van der Waals surface area contributed by atoms with Crippen molar-refractivity contribution in [2.45, 2.75) is 38.8 Å². The summed E-state index contributed by atoms with van der Waals surface area (Å²) in [5.41, 5.74) is 4.38. The lowest BCUT2D eigenvalue weighted by Crippen LogP contribution is -2.42. The summed E-state index contributed by atoms with van der Waals surface area (Å²) in [4.78, 5) is 19.1. The van der Waals surface area contributed by atoms with Crippen molar-refractivity contribution in [2.24, 2.45) is 0 Å². The van der Waals surface area contributed by atoms with Crippen LogP contribution >= 0.6 is 11.3 Å².